The average Bonchev–Trinajstić information content (AvgIpc) is 3.22. The molecule has 1 aliphatic rings. The Kier molecular flexibility index (Phi) is 6.23. The summed E-state index contributed by atoms with van der Waals surface area (Å²) in [7, 11) is 1.40. The quantitative estimate of drug-likeness (QED) is 0.537. The Balaban J connectivity index is 1.62. The fourth-order valence-electron chi connectivity index (χ4n) is 3.76. The van der Waals surface area contributed by atoms with Gasteiger partial charge in [0.1, 0.15) is 6.61 Å². The van der Waals surface area contributed by atoms with E-state index in [9.17, 15) is 4.79 Å². The van der Waals surface area contributed by atoms with E-state index in [0.717, 1.165) is 35.3 Å². The highest BCUT2D eigenvalue weighted by atomic mass is 35.5. The molecule has 4 rings (SSSR count). The first-order chi connectivity index (χ1) is 14.7. The van der Waals surface area contributed by atoms with Crippen molar-refractivity contribution in [3.05, 3.63) is 70.9 Å². The predicted octanol–water partition coefficient (Wildman–Crippen LogP) is 5.52. The summed E-state index contributed by atoms with van der Waals surface area (Å²) in [5.74, 6) is 1.28. The number of likely N-dealkylation sites (tertiary alicyclic amines) is 1. The van der Waals surface area contributed by atoms with E-state index >= 15 is 0 Å². The summed E-state index contributed by atoms with van der Waals surface area (Å²) in [4.78, 5) is 13.5. The fourth-order valence-corrected chi connectivity index (χ4v) is 3.99. The van der Waals surface area contributed by atoms with Crippen LogP contribution in [0.15, 0.2) is 59.1 Å². The maximum absolute atomic E-state index is 11.8. The number of piperidine rings is 1. The number of nitrogens with zero attached hydrogens (tertiary/aromatic N) is 2. The molecule has 1 aliphatic heterocycles. The molecule has 1 saturated heterocycles. The summed E-state index contributed by atoms with van der Waals surface area (Å²) in [5, 5.41) is 4.84. The molecular weight excluding hydrogens is 404 g/mol. The number of halogens is 1. The average molecular weight is 427 g/mol. The van der Waals surface area contributed by atoms with Gasteiger partial charge in [-0.25, -0.2) is 4.79 Å². The number of amides is 1. The number of rotatable bonds is 5. The molecule has 2 heterocycles. The molecule has 0 atom stereocenters. The Bertz CT molecular complexity index is 997. The summed E-state index contributed by atoms with van der Waals surface area (Å²) in [5.41, 5.74) is 2.65. The molecule has 30 heavy (non-hydrogen) atoms. The van der Waals surface area contributed by atoms with E-state index in [-0.39, 0.29) is 12.0 Å². The number of aromatic nitrogens is 1. The van der Waals surface area contributed by atoms with Crippen molar-refractivity contribution in [2.45, 2.75) is 25.4 Å². The van der Waals surface area contributed by atoms with Crippen LogP contribution in [0.3, 0.4) is 0 Å². The van der Waals surface area contributed by atoms with E-state index in [2.05, 4.69) is 5.16 Å². The zero-order valence-corrected chi connectivity index (χ0v) is 17.5. The molecule has 0 aliphatic carbocycles. The fraction of sp³-hybridized carbons (Fsp3) is 0.304. The Morgan fingerprint density at radius 3 is 2.53 bits per heavy atom. The van der Waals surface area contributed by atoms with Crippen LogP contribution in [-0.2, 0) is 11.3 Å². The number of hydrogen-bond donors (Lipinski definition) is 0. The summed E-state index contributed by atoms with van der Waals surface area (Å²) >= 11 is 6.50. The first kappa shape index (κ1) is 20.3. The van der Waals surface area contributed by atoms with Gasteiger partial charge in [0.25, 0.3) is 5.88 Å². The number of carbonyl (C=O) groups excluding carboxylic acids is 1. The summed E-state index contributed by atoms with van der Waals surface area (Å²) in [6, 6.07) is 17.5. The zero-order chi connectivity index (χ0) is 20.9. The molecule has 0 unspecified atom stereocenters. The molecule has 3 aromatic rings. The molecule has 0 radical (unpaired) electrons. The maximum atomic E-state index is 11.8. The van der Waals surface area contributed by atoms with Crippen molar-refractivity contribution in [2.24, 2.45) is 0 Å². The number of benzene rings is 2. The van der Waals surface area contributed by atoms with Gasteiger partial charge in [-0.15, -0.1) is 0 Å². The second-order valence-electron chi connectivity index (χ2n) is 7.21. The highest BCUT2D eigenvalue weighted by molar-refractivity contribution is 6.33. The molecule has 0 saturated carbocycles. The van der Waals surface area contributed by atoms with Gasteiger partial charge in [0, 0.05) is 29.6 Å². The van der Waals surface area contributed by atoms with Crippen LogP contribution in [0.2, 0.25) is 5.02 Å². The van der Waals surface area contributed by atoms with Crippen LogP contribution in [0.5, 0.6) is 5.88 Å². The van der Waals surface area contributed by atoms with Crippen molar-refractivity contribution >= 4 is 17.7 Å². The molecular formula is C23H23ClN2O4. The van der Waals surface area contributed by atoms with E-state index in [1.165, 1.54) is 7.11 Å². The van der Waals surface area contributed by atoms with E-state index in [4.69, 9.17) is 25.6 Å². The van der Waals surface area contributed by atoms with Gasteiger partial charge >= 0.3 is 6.09 Å². The van der Waals surface area contributed by atoms with Gasteiger partial charge in [0.05, 0.1) is 12.7 Å². The van der Waals surface area contributed by atoms with Crippen molar-refractivity contribution in [1.29, 1.82) is 0 Å². The van der Waals surface area contributed by atoms with Crippen molar-refractivity contribution < 1.29 is 18.8 Å². The molecule has 0 bridgehead atoms. The second kappa shape index (κ2) is 9.22. The Morgan fingerprint density at radius 1 is 1.13 bits per heavy atom. The summed E-state index contributed by atoms with van der Waals surface area (Å²) < 4.78 is 16.7. The molecule has 0 spiro atoms. The monoisotopic (exact) mass is 426 g/mol. The van der Waals surface area contributed by atoms with Gasteiger partial charge in [0.2, 0.25) is 0 Å². The van der Waals surface area contributed by atoms with Crippen molar-refractivity contribution in [3.8, 4) is 17.0 Å². The van der Waals surface area contributed by atoms with Crippen molar-refractivity contribution in [1.82, 2.24) is 10.1 Å². The zero-order valence-electron chi connectivity index (χ0n) is 16.7. The third-order valence-electron chi connectivity index (χ3n) is 5.35. The Labute approximate surface area is 180 Å². The molecule has 1 fully saturated rings. The third kappa shape index (κ3) is 4.28. The van der Waals surface area contributed by atoms with Crippen LogP contribution in [0, 0.1) is 0 Å². The van der Waals surface area contributed by atoms with Gasteiger partial charge in [-0.05, 0) is 29.6 Å². The molecule has 6 nitrogen and oxygen atoms in total. The first-order valence-electron chi connectivity index (χ1n) is 9.91. The molecule has 156 valence electrons. The number of ether oxygens (including phenoxy) is 2. The summed E-state index contributed by atoms with van der Waals surface area (Å²) in [6.07, 6.45) is 1.20. The minimum absolute atomic E-state index is 0.110. The molecule has 1 amide bonds. The van der Waals surface area contributed by atoms with E-state index in [1.807, 2.05) is 54.6 Å². The van der Waals surface area contributed by atoms with Gasteiger partial charge in [0.15, 0.2) is 5.76 Å². The van der Waals surface area contributed by atoms with Crippen molar-refractivity contribution in [3.63, 3.8) is 0 Å². The smallest absolute Gasteiger partial charge is 0.409 e. The lowest BCUT2D eigenvalue weighted by atomic mass is 9.90. The van der Waals surface area contributed by atoms with Crippen LogP contribution >= 0.6 is 11.6 Å². The number of hydrogen-bond acceptors (Lipinski definition) is 5. The number of methoxy groups -OCH3 is 1. The highest BCUT2D eigenvalue weighted by Gasteiger charge is 2.31. The van der Waals surface area contributed by atoms with E-state index in [0.29, 0.717) is 30.6 Å². The van der Waals surface area contributed by atoms with E-state index in [1.54, 1.807) is 4.90 Å². The lowest BCUT2D eigenvalue weighted by Crippen LogP contribution is -2.37. The van der Waals surface area contributed by atoms with Gasteiger partial charge in [-0.2, -0.15) is 0 Å². The van der Waals surface area contributed by atoms with Crippen LogP contribution < -0.4 is 4.74 Å². The van der Waals surface area contributed by atoms with E-state index < -0.39 is 0 Å². The maximum Gasteiger partial charge on any atom is 0.409 e. The molecule has 1 aromatic heterocycles. The Hall–Kier alpha value is -2.99. The largest absolute Gasteiger partial charge is 0.470 e. The Morgan fingerprint density at radius 2 is 1.83 bits per heavy atom. The predicted molar refractivity (Wildman–Crippen MR) is 114 cm³/mol. The van der Waals surface area contributed by atoms with Gasteiger partial charge in [-0.1, -0.05) is 60.1 Å². The van der Waals surface area contributed by atoms with Crippen LogP contribution in [0.1, 0.15) is 30.1 Å². The SMILES string of the molecule is COC(=O)N1CCC(c2onc(OCc3ccccc3)c2-c2ccccc2Cl)CC1. The van der Waals surface area contributed by atoms with Crippen LogP contribution in [0.4, 0.5) is 4.79 Å². The van der Waals surface area contributed by atoms with Crippen LogP contribution in [-0.4, -0.2) is 36.3 Å². The molecule has 0 N–H and O–H groups in total. The van der Waals surface area contributed by atoms with Gasteiger partial charge < -0.3 is 18.9 Å². The lowest BCUT2D eigenvalue weighted by molar-refractivity contribution is 0.110. The number of carbonyl (C=O) groups is 1. The van der Waals surface area contributed by atoms with Crippen molar-refractivity contribution in [2.75, 3.05) is 20.2 Å². The standard InChI is InChI=1S/C23H23ClN2O4/c1-28-23(27)26-13-11-17(12-14-26)21-20(18-9-5-6-10-19(18)24)22(25-30-21)29-15-16-7-3-2-4-8-16/h2-10,17H,11-15H2,1H3. The molecule has 2 aromatic carbocycles. The highest BCUT2D eigenvalue weighted by Crippen LogP contribution is 2.43. The minimum Gasteiger partial charge on any atom is -0.470 e. The second-order valence-corrected chi connectivity index (χ2v) is 7.62. The lowest BCUT2D eigenvalue weighted by Gasteiger charge is -2.30. The topological polar surface area (TPSA) is 64.8 Å². The van der Waals surface area contributed by atoms with Crippen LogP contribution in [0.25, 0.3) is 11.1 Å². The summed E-state index contributed by atoms with van der Waals surface area (Å²) in [6.45, 7) is 1.57. The third-order valence-corrected chi connectivity index (χ3v) is 5.68. The normalized spacial score (nSPS) is 14.5. The molecule has 7 heteroatoms. The minimum atomic E-state index is -0.302. The first-order valence-corrected chi connectivity index (χ1v) is 10.3. The van der Waals surface area contributed by atoms with Gasteiger partial charge in [-0.3, -0.25) is 0 Å².